The van der Waals surface area contributed by atoms with Gasteiger partial charge in [-0.2, -0.15) is 5.10 Å². The van der Waals surface area contributed by atoms with Gasteiger partial charge in [0.05, 0.1) is 6.26 Å². The summed E-state index contributed by atoms with van der Waals surface area (Å²) >= 11 is 0. The number of hydrogen-bond donors (Lipinski definition) is 2. The van der Waals surface area contributed by atoms with Crippen LogP contribution in [0.15, 0.2) is 45.8 Å². The second-order valence-electron chi connectivity index (χ2n) is 7.49. The first-order valence-electron chi connectivity index (χ1n) is 9.29. The van der Waals surface area contributed by atoms with Crippen molar-refractivity contribution in [2.75, 3.05) is 18.3 Å². The number of aromatic nitrogens is 3. The van der Waals surface area contributed by atoms with Gasteiger partial charge >= 0.3 is 0 Å². The summed E-state index contributed by atoms with van der Waals surface area (Å²) in [4.78, 5) is 27.3. The van der Waals surface area contributed by atoms with E-state index in [1.807, 2.05) is 0 Å². The van der Waals surface area contributed by atoms with Gasteiger partial charge in [-0.25, -0.2) is 0 Å². The highest BCUT2D eigenvalue weighted by Gasteiger charge is 2.37. The Morgan fingerprint density at radius 1 is 1.31 bits per heavy atom. The summed E-state index contributed by atoms with van der Waals surface area (Å²) in [5.74, 6) is 0.491. The summed E-state index contributed by atoms with van der Waals surface area (Å²) in [6.07, 6.45) is 2.41. The number of nitrogens with one attached hydrogen (secondary N) is 1. The van der Waals surface area contributed by atoms with Crippen molar-refractivity contribution in [3.8, 4) is 11.5 Å². The molecule has 3 aromatic heterocycles. The van der Waals surface area contributed by atoms with Gasteiger partial charge in [-0.1, -0.05) is 0 Å². The Kier molecular flexibility index (Phi) is 4.03. The second-order valence-corrected chi connectivity index (χ2v) is 7.49. The second kappa shape index (κ2) is 6.61. The van der Waals surface area contributed by atoms with Crippen molar-refractivity contribution in [1.82, 2.24) is 19.7 Å². The lowest BCUT2D eigenvalue weighted by Gasteiger charge is -2.43. The van der Waals surface area contributed by atoms with Gasteiger partial charge in [-0.15, -0.1) is 0 Å². The van der Waals surface area contributed by atoms with E-state index in [0.717, 1.165) is 12.1 Å². The van der Waals surface area contributed by atoms with E-state index < -0.39 is 10.8 Å². The van der Waals surface area contributed by atoms with Crippen LogP contribution in [0, 0.1) is 11.1 Å². The molecule has 2 aliphatic heterocycles. The van der Waals surface area contributed by atoms with Crippen LogP contribution < -0.4 is 10.8 Å². The van der Waals surface area contributed by atoms with E-state index in [1.54, 1.807) is 40.0 Å². The molecule has 0 aliphatic carbocycles. The molecular weight excluding hydrogens is 378 g/mol. The number of aromatic amines is 1. The van der Waals surface area contributed by atoms with Gasteiger partial charge in [-0.05, 0) is 36.6 Å². The minimum absolute atomic E-state index is 0.0181. The molecule has 3 aromatic rings. The summed E-state index contributed by atoms with van der Waals surface area (Å²) in [7, 11) is 0. The highest BCUT2D eigenvalue weighted by atomic mass is 16.8. The fraction of sp³-hybridized carbons (Fsp3) is 0.316. The zero-order chi connectivity index (χ0) is 20.1. The summed E-state index contributed by atoms with van der Waals surface area (Å²) in [6.45, 7) is 1.35. The molecule has 2 atom stereocenters. The molecule has 0 saturated carbocycles. The topological polar surface area (TPSA) is 131 Å². The van der Waals surface area contributed by atoms with Crippen molar-refractivity contribution < 1.29 is 14.4 Å². The van der Waals surface area contributed by atoms with Crippen molar-refractivity contribution >= 4 is 11.6 Å². The lowest BCUT2D eigenvalue weighted by atomic mass is 9.83. The third-order valence-electron chi connectivity index (χ3n) is 5.66. The van der Waals surface area contributed by atoms with E-state index in [-0.39, 0.29) is 23.4 Å². The van der Waals surface area contributed by atoms with Crippen LogP contribution >= 0.6 is 0 Å². The number of H-pyrrole nitrogens is 1. The number of hydrogen-bond acceptors (Lipinski definition) is 7. The number of amides is 1. The number of likely N-dealkylation sites (tertiary alicyclic amines) is 1. The number of rotatable bonds is 3. The molecule has 2 aliphatic rings. The molecule has 2 N–H and O–H groups in total. The molecular formula is C19H18N5O5-. The number of anilines is 1. The molecule has 10 nitrogen and oxygen atoms in total. The molecule has 1 saturated heterocycles. The third-order valence-corrected chi connectivity index (χ3v) is 5.66. The van der Waals surface area contributed by atoms with Gasteiger partial charge in [0.2, 0.25) is 0 Å². The number of pyridine rings is 1. The molecule has 10 heteroatoms. The summed E-state index contributed by atoms with van der Waals surface area (Å²) in [5.41, 5.74) is 0.902. The Morgan fingerprint density at radius 3 is 2.93 bits per heavy atom. The Morgan fingerprint density at radius 2 is 2.17 bits per heavy atom. The maximum Gasteiger partial charge on any atom is 0.275 e. The smallest absolute Gasteiger partial charge is 0.275 e. The largest absolute Gasteiger partial charge is 0.733 e. The monoisotopic (exact) mass is 396 g/mol. The lowest BCUT2D eigenvalue weighted by molar-refractivity contribution is 0.0588. The predicted molar refractivity (Wildman–Crippen MR) is 101 cm³/mol. The number of carbonyl (C=O) groups is 1. The van der Waals surface area contributed by atoms with E-state index >= 15 is 0 Å². The Labute approximate surface area is 164 Å². The van der Waals surface area contributed by atoms with Crippen molar-refractivity contribution in [1.29, 1.82) is 0 Å². The minimum Gasteiger partial charge on any atom is -0.733 e. The molecule has 5 rings (SSSR count). The van der Waals surface area contributed by atoms with Gasteiger partial charge in [0.15, 0.2) is 11.5 Å². The van der Waals surface area contributed by atoms with E-state index in [2.05, 4.69) is 10.2 Å². The fourth-order valence-corrected chi connectivity index (χ4v) is 4.40. The van der Waals surface area contributed by atoms with Crippen LogP contribution in [0.4, 0.5) is 5.69 Å². The Bertz CT molecular complexity index is 1120. The van der Waals surface area contributed by atoms with Crippen LogP contribution in [-0.2, 0) is 6.54 Å². The molecule has 150 valence electrons. The fourth-order valence-electron chi connectivity index (χ4n) is 4.40. The zero-order valence-corrected chi connectivity index (χ0v) is 15.3. The zero-order valence-electron chi connectivity index (χ0n) is 15.3. The van der Waals surface area contributed by atoms with Crippen molar-refractivity contribution in [3.63, 3.8) is 0 Å². The minimum atomic E-state index is -0.509. The molecule has 5 heterocycles. The summed E-state index contributed by atoms with van der Waals surface area (Å²) in [5, 5.41) is 26.8. The molecule has 1 fully saturated rings. The van der Waals surface area contributed by atoms with Crippen LogP contribution in [0.5, 0.6) is 0 Å². The number of piperidine rings is 1. The quantitative estimate of drug-likeness (QED) is 0.645. The molecule has 0 unspecified atom stereocenters. The normalized spacial score (nSPS) is 20.4. The predicted octanol–water partition coefficient (Wildman–Crippen LogP) is 1.78. The van der Waals surface area contributed by atoms with Crippen LogP contribution in [0.3, 0.4) is 0 Å². The van der Waals surface area contributed by atoms with Gasteiger partial charge in [0.1, 0.15) is 11.4 Å². The van der Waals surface area contributed by atoms with Gasteiger partial charge in [0.25, 0.3) is 11.5 Å². The molecule has 0 aromatic carbocycles. The number of nitrogens with zero attached hydrogens (tertiary/aromatic N) is 4. The highest BCUT2D eigenvalue weighted by molar-refractivity contribution is 5.93. The summed E-state index contributed by atoms with van der Waals surface area (Å²) < 4.78 is 6.87. The average Bonchev–Trinajstić information content (AvgIpc) is 3.39. The number of fused-ring (bicyclic) bond motifs is 4. The summed E-state index contributed by atoms with van der Waals surface area (Å²) in [6, 6.07) is 8.21. The van der Waals surface area contributed by atoms with Crippen LogP contribution in [0.25, 0.3) is 11.5 Å². The lowest BCUT2D eigenvalue weighted by Crippen LogP contribution is -2.49. The van der Waals surface area contributed by atoms with Gasteiger partial charge < -0.3 is 24.3 Å². The Hall–Kier alpha value is -3.37. The molecule has 0 spiro atoms. The van der Waals surface area contributed by atoms with E-state index in [0.29, 0.717) is 36.8 Å². The average molecular weight is 396 g/mol. The standard InChI is InChI=1S/C19H18N5O5/c25-18(14-7-13(20-21-14)17-2-1-5-29-17)22-8-11-6-12(10-22)15-3-4-16(24(27)28)19(26)23(15)9-11/h1-5,7,11-12,27H,6,8-10H2,(H,20,21)/q-1/t11-,12-/m0/s1. The SMILES string of the molecule is O=C(c1cc(-c2ccco2)[nH]n1)N1C[C@@H]2C[C@@H](C1)c1ccc(N([O-])O)c(=O)n1C2. The maximum absolute atomic E-state index is 13.0. The number of furan rings is 1. The van der Waals surface area contributed by atoms with E-state index in [4.69, 9.17) is 9.62 Å². The molecule has 2 bridgehead atoms. The first kappa shape index (κ1) is 17.7. The number of carbonyl (C=O) groups excluding carboxylic acids is 1. The van der Waals surface area contributed by atoms with Crippen molar-refractivity contribution in [3.05, 3.63) is 63.5 Å². The van der Waals surface area contributed by atoms with Crippen LogP contribution in [0.2, 0.25) is 0 Å². The van der Waals surface area contributed by atoms with Gasteiger partial charge in [-0.3, -0.25) is 19.9 Å². The molecule has 29 heavy (non-hydrogen) atoms. The maximum atomic E-state index is 13.0. The highest BCUT2D eigenvalue weighted by Crippen LogP contribution is 2.36. The first-order chi connectivity index (χ1) is 14.0. The van der Waals surface area contributed by atoms with Crippen molar-refractivity contribution in [2.24, 2.45) is 5.92 Å². The molecule has 0 radical (unpaired) electrons. The van der Waals surface area contributed by atoms with Crippen LogP contribution in [-0.4, -0.2) is 43.9 Å². The van der Waals surface area contributed by atoms with Crippen LogP contribution in [0.1, 0.15) is 28.5 Å². The molecule has 1 amide bonds. The van der Waals surface area contributed by atoms with Crippen molar-refractivity contribution in [2.45, 2.75) is 18.9 Å². The van der Waals surface area contributed by atoms with E-state index in [9.17, 15) is 14.8 Å². The Balaban J connectivity index is 1.40. The first-order valence-corrected chi connectivity index (χ1v) is 9.29. The third kappa shape index (κ3) is 2.93. The van der Waals surface area contributed by atoms with Gasteiger partial charge in [0, 0.05) is 37.3 Å². The van der Waals surface area contributed by atoms with E-state index in [1.165, 1.54) is 6.07 Å².